The molecule has 0 aromatic rings. The van der Waals surface area contributed by atoms with Crippen LogP contribution in [0.3, 0.4) is 0 Å². The van der Waals surface area contributed by atoms with Gasteiger partial charge in [-0.05, 0) is 6.54 Å². The standard InChI is InChI=1S/C6H14N2O2/c1-2-8(5-6-9)4-3-7-10/h9H,2-6H2,1H3. The highest BCUT2D eigenvalue weighted by Gasteiger charge is 1.98. The first-order valence-electron chi connectivity index (χ1n) is 3.47. The molecule has 0 atom stereocenters. The Kier molecular flexibility index (Phi) is 6.32. The third-order valence-electron chi connectivity index (χ3n) is 1.37. The van der Waals surface area contributed by atoms with Crippen LogP contribution in [-0.4, -0.2) is 42.8 Å². The molecule has 0 heterocycles. The van der Waals surface area contributed by atoms with Crippen molar-refractivity contribution in [2.75, 3.05) is 32.8 Å². The fraction of sp³-hybridized carbons (Fsp3) is 1.00. The summed E-state index contributed by atoms with van der Waals surface area (Å²) in [5, 5.41) is 11.2. The Labute approximate surface area is 60.8 Å². The van der Waals surface area contributed by atoms with Crippen molar-refractivity contribution >= 4 is 0 Å². The zero-order valence-electron chi connectivity index (χ0n) is 6.29. The lowest BCUT2D eigenvalue weighted by Crippen LogP contribution is -2.28. The summed E-state index contributed by atoms with van der Waals surface area (Å²) in [7, 11) is 0. The van der Waals surface area contributed by atoms with E-state index in [-0.39, 0.29) is 6.61 Å². The van der Waals surface area contributed by atoms with Crippen LogP contribution >= 0.6 is 0 Å². The van der Waals surface area contributed by atoms with E-state index < -0.39 is 0 Å². The molecule has 0 saturated heterocycles. The van der Waals surface area contributed by atoms with Crippen LogP contribution in [0, 0.1) is 4.91 Å². The molecule has 0 aliphatic rings. The molecule has 0 unspecified atom stereocenters. The van der Waals surface area contributed by atoms with Gasteiger partial charge in [0.05, 0.1) is 13.2 Å². The van der Waals surface area contributed by atoms with Crippen molar-refractivity contribution in [2.24, 2.45) is 5.18 Å². The Balaban J connectivity index is 3.29. The van der Waals surface area contributed by atoms with Crippen molar-refractivity contribution in [3.63, 3.8) is 0 Å². The first kappa shape index (κ1) is 9.52. The van der Waals surface area contributed by atoms with Gasteiger partial charge in [0.15, 0.2) is 0 Å². The van der Waals surface area contributed by atoms with E-state index in [9.17, 15) is 4.91 Å². The smallest absolute Gasteiger partial charge is 0.0938 e. The Morgan fingerprint density at radius 1 is 1.50 bits per heavy atom. The molecule has 0 radical (unpaired) electrons. The van der Waals surface area contributed by atoms with Crippen LogP contribution in [0.5, 0.6) is 0 Å². The zero-order chi connectivity index (χ0) is 7.82. The SMILES string of the molecule is CCN(CCO)CCN=O. The Bertz CT molecular complexity index is 87.8. The van der Waals surface area contributed by atoms with E-state index in [2.05, 4.69) is 5.18 Å². The zero-order valence-corrected chi connectivity index (χ0v) is 6.29. The van der Waals surface area contributed by atoms with Crippen molar-refractivity contribution in [2.45, 2.75) is 6.92 Å². The van der Waals surface area contributed by atoms with Crippen molar-refractivity contribution in [1.29, 1.82) is 0 Å². The van der Waals surface area contributed by atoms with Crippen molar-refractivity contribution < 1.29 is 5.11 Å². The molecule has 0 bridgehead atoms. The van der Waals surface area contributed by atoms with Crippen molar-refractivity contribution in [1.82, 2.24) is 4.90 Å². The maximum Gasteiger partial charge on any atom is 0.0938 e. The quantitative estimate of drug-likeness (QED) is 0.539. The molecule has 1 N–H and O–H groups in total. The molecule has 10 heavy (non-hydrogen) atoms. The van der Waals surface area contributed by atoms with Gasteiger partial charge in [-0.3, -0.25) is 4.90 Å². The Morgan fingerprint density at radius 3 is 2.60 bits per heavy atom. The van der Waals surface area contributed by atoms with E-state index >= 15 is 0 Å². The second kappa shape index (κ2) is 6.64. The third-order valence-corrected chi connectivity index (χ3v) is 1.37. The summed E-state index contributed by atoms with van der Waals surface area (Å²) in [6, 6.07) is 0. The van der Waals surface area contributed by atoms with Gasteiger partial charge in [0.25, 0.3) is 0 Å². The number of aliphatic hydroxyl groups is 1. The van der Waals surface area contributed by atoms with Gasteiger partial charge in [0, 0.05) is 13.1 Å². The number of nitroso groups, excluding NO2 is 1. The second-order valence-electron chi connectivity index (χ2n) is 2.01. The lowest BCUT2D eigenvalue weighted by Gasteiger charge is -2.16. The van der Waals surface area contributed by atoms with Gasteiger partial charge in [0.2, 0.25) is 0 Å². The van der Waals surface area contributed by atoms with E-state index in [4.69, 9.17) is 5.11 Å². The molecule has 60 valence electrons. The summed E-state index contributed by atoms with van der Waals surface area (Å²) in [5.41, 5.74) is 0. The van der Waals surface area contributed by atoms with Gasteiger partial charge in [0.1, 0.15) is 0 Å². The van der Waals surface area contributed by atoms with Gasteiger partial charge < -0.3 is 5.11 Å². The van der Waals surface area contributed by atoms with E-state index in [1.165, 1.54) is 0 Å². The molecular weight excluding hydrogens is 132 g/mol. The molecule has 0 aliphatic heterocycles. The topological polar surface area (TPSA) is 52.9 Å². The van der Waals surface area contributed by atoms with E-state index in [1.807, 2.05) is 11.8 Å². The normalized spacial score (nSPS) is 10.3. The maximum atomic E-state index is 9.69. The van der Waals surface area contributed by atoms with Crippen molar-refractivity contribution in [3.05, 3.63) is 4.91 Å². The highest BCUT2D eigenvalue weighted by Crippen LogP contribution is 1.85. The van der Waals surface area contributed by atoms with Gasteiger partial charge in [-0.1, -0.05) is 12.1 Å². The molecule has 0 aliphatic carbocycles. The lowest BCUT2D eigenvalue weighted by molar-refractivity contribution is 0.205. The summed E-state index contributed by atoms with van der Waals surface area (Å²) in [6.45, 7) is 4.59. The Morgan fingerprint density at radius 2 is 2.20 bits per heavy atom. The van der Waals surface area contributed by atoms with E-state index in [0.29, 0.717) is 19.6 Å². The van der Waals surface area contributed by atoms with Crippen LogP contribution in [0.1, 0.15) is 6.92 Å². The summed E-state index contributed by atoms with van der Waals surface area (Å²) in [6.07, 6.45) is 0. The predicted molar refractivity (Wildman–Crippen MR) is 39.9 cm³/mol. The molecule has 0 saturated carbocycles. The number of likely N-dealkylation sites (N-methyl/N-ethyl adjacent to an activating group) is 1. The molecule has 0 spiro atoms. The minimum atomic E-state index is 0.146. The van der Waals surface area contributed by atoms with Crippen molar-refractivity contribution in [3.8, 4) is 0 Å². The average molecular weight is 146 g/mol. The third kappa shape index (κ3) is 4.40. The molecule has 0 fully saturated rings. The highest BCUT2D eigenvalue weighted by molar-refractivity contribution is 4.55. The lowest BCUT2D eigenvalue weighted by atomic mass is 10.4. The Hall–Kier alpha value is -0.480. The molecule has 0 aromatic carbocycles. The van der Waals surface area contributed by atoms with Crippen LogP contribution in [0.2, 0.25) is 0 Å². The molecule has 0 amide bonds. The summed E-state index contributed by atoms with van der Waals surface area (Å²) >= 11 is 0. The molecule has 4 nitrogen and oxygen atoms in total. The fourth-order valence-electron chi connectivity index (χ4n) is 0.752. The molecule has 4 heteroatoms. The van der Waals surface area contributed by atoms with Gasteiger partial charge in [-0.25, -0.2) is 0 Å². The molecule has 0 rings (SSSR count). The first-order chi connectivity index (χ1) is 4.85. The van der Waals surface area contributed by atoms with Crippen LogP contribution in [0.4, 0.5) is 0 Å². The number of hydrogen-bond donors (Lipinski definition) is 1. The van der Waals surface area contributed by atoms with Crippen LogP contribution < -0.4 is 0 Å². The van der Waals surface area contributed by atoms with Gasteiger partial charge in [-0.15, -0.1) is 0 Å². The molecule has 0 aromatic heterocycles. The summed E-state index contributed by atoms with van der Waals surface area (Å²) in [4.78, 5) is 11.7. The summed E-state index contributed by atoms with van der Waals surface area (Å²) in [5.74, 6) is 0. The first-order valence-corrected chi connectivity index (χ1v) is 3.47. The van der Waals surface area contributed by atoms with Crippen LogP contribution in [-0.2, 0) is 0 Å². The van der Waals surface area contributed by atoms with E-state index in [1.54, 1.807) is 0 Å². The summed E-state index contributed by atoms with van der Waals surface area (Å²) < 4.78 is 0. The minimum Gasteiger partial charge on any atom is -0.395 e. The van der Waals surface area contributed by atoms with Gasteiger partial charge in [-0.2, -0.15) is 4.91 Å². The number of rotatable bonds is 6. The second-order valence-corrected chi connectivity index (χ2v) is 2.01. The predicted octanol–water partition coefficient (Wildman–Crippen LogP) is 0.0670. The average Bonchev–Trinajstić information content (AvgIpc) is 1.98. The fourth-order valence-corrected chi connectivity index (χ4v) is 0.752. The largest absolute Gasteiger partial charge is 0.395 e. The van der Waals surface area contributed by atoms with Gasteiger partial charge >= 0.3 is 0 Å². The monoisotopic (exact) mass is 146 g/mol. The number of hydrogen-bond acceptors (Lipinski definition) is 4. The highest BCUT2D eigenvalue weighted by atomic mass is 16.3. The maximum absolute atomic E-state index is 9.69. The van der Waals surface area contributed by atoms with Crippen LogP contribution in [0.25, 0.3) is 0 Å². The van der Waals surface area contributed by atoms with Crippen LogP contribution in [0.15, 0.2) is 5.18 Å². The van der Waals surface area contributed by atoms with E-state index in [0.717, 1.165) is 6.54 Å². The number of aliphatic hydroxyl groups excluding tert-OH is 1. The minimum absolute atomic E-state index is 0.146. The number of nitrogens with zero attached hydrogens (tertiary/aromatic N) is 2. The molecular formula is C6H14N2O2.